The second kappa shape index (κ2) is 4.51. The number of rotatable bonds is 3. The molecule has 2 rings (SSSR count). The third-order valence-corrected chi connectivity index (χ3v) is 4.21. The van der Waals surface area contributed by atoms with Gasteiger partial charge in [0.1, 0.15) is 4.88 Å². The van der Waals surface area contributed by atoms with Gasteiger partial charge in [0.15, 0.2) is 0 Å². The van der Waals surface area contributed by atoms with E-state index >= 15 is 0 Å². The molecule has 3 N–H and O–H groups in total. The fourth-order valence-corrected chi connectivity index (χ4v) is 2.95. The highest BCUT2D eigenvalue weighted by molar-refractivity contribution is 7.11. The highest BCUT2D eigenvalue weighted by Gasteiger charge is 2.34. The van der Waals surface area contributed by atoms with Crippen LogP contribution in [0.4, 0.5) is 0 Å². The van der Waals surface area contributed by atoms with Crippen molar-refractivity contribution in [2.45, 2.75) is 38.1 Å². The van der Waals surface area contributed by atoms with Gasteiger partial charge in [-0.1, -0.05) is 12.8 Å². The van der Waals surface area contributed by atoms with Crippen molar-refractivity contribution < 1.29 is 4.79 Å². The zero-order valence-electron chi connectivity index (χ0n) is 9.45. The molecular weight excluding hydrogens is 222 g/mol. The number of carbonyl (C=O) groups is 1. The molecule has 1 saturated carbocycles. The molecule has 1 amide bonds. The Labute approximate surface area is 99.3 Å². The van der Waals surface area contributed by atoms with Gasteiger partial charge >= 0.3 is 0 Å². The standard InChI is InChI=1S/C11H17N3OS/c1-8-9(16-7-13-8)10(15)14-11(6-12)4-2-3-5-11/h7H,2-6,12H2,1H3,(H,14,15). The lowest BCUT2D eigenvalue weighted by atomic mass is 9.98. The number of amides is 1. The summed E-state index contributed by atoms with van der Waals surface area (Å²) < 4.78 is 0. The maximum Gasteiger partial charge on any atom is 0.263 e. The van der Waals surface area contributed by atoms with Gasteiger partial charge in [-0.3, -0.25) is 4.79 Å². The van der Waals surface area contributed by atoms with Crippen molar-refractivity contribution in [2.75, 3.05) is 6.54 Å². The number of carbonyl (C=O) groups excluding carboxylic acids is 1. The molecule has 88 valence electrons. The van der Waals surface area contributed by atoms with Gasteiger partial charge in [0, 0.05) is 6.54 Å². The lowest BCUT2D eigenvalue weighted by molar-refractivity contribution is 0.0906. The molecule has 0 spiro atoms. The van der Waals surface area contributed by atoms with Crippen molar-refractivity contribution in [1.82, 2.24) is 10.3 Å². The third kappa shape index (κ3) is 2.10. The first-order valence-electron chi connectivity index (χ1n) is 5.59. The Balaban J connectivity index is 2.09. The molecule has 0 aromatic carbocycles. The van der Waals surface area contributed by atoms with Gasteiger partial charge in [0.05, 0.1) is 16.7 Å². The lowest BCUT2D eigenvalue weighted by Gasteiger charge is -2.28. The average molecular weight is 239 g/mol. The average Bonchev–Trinajstić information content (AvgIpc) is 2.87. The van der Waals surface area contributed by atoms with Gasteiger partial charge in [0.2, 0.25) is 0 Å². The predicted octanol–water partition coefficient (Wildman–Crippen LogP) is 1.45. The number of hydrogen-bond donors (Lipinski definition) is 2. The number of nitrogens with zero attached hydrogens (tertiary/aromatic N) is 1. The second-order valence-electron chi connectivity index (χ2n) is 4.41. The third-order valence-electron chi connectivity index (χ3n) is 3.28. The van der Waals surface area contributed by atoms with Gasteiger partial charge in [-0.25, -0.2) is 4.98 Å². The Kier molecular flexibility index (Phi) is 3.25. The first kappa shape index (κ1) is 11.5. The Morgan fingerprint density at radius 2 is 2.31 bits per heavy atom. The van der Waals surface area contributed by atoms with Crippen LogP contribution in [-0.4, -0.2) is 23.0 Å². The van der Waals surface area contributed by atoms with E-state index in [1.54, 1.807) is 5.51 Å². The molecule has 4 nitrogen and oxygen atoms in total. The highest BCUT2D eigenvalue weighted by Crippen LogP contribution is 2.29. The molecule has 5 heteroatoms. The molecule has 0 saturated heterocycles. The molecule has 1 aromatic heterocycles. The molecular formula is C11H17N3OS. The minimum Gasteiger partial charge on any atom is -0.345 e. The van der Waals surface area contributed by atoms with Crippen molar-refractivity contribution in [3.05, 3.63) is 16.1 Å². The van der Waals surface area contributed by atoms with E-state index in [0.29, 0.717) is 11.4 Å². The topological polar surface area (TPSA) is 68.0 Å². The Morgan fingerprint density at radius 3 is 2.81 bits per heavy atom. The number of nitrogens with two attached hydrogens (primary N) is 1. The Bertz CT molecular complexity index is 382. The van der Waals surface area contributed by atoms with Crippen molar-refractivity contribution in [3.8, 4) is 0 Å². The van der Waals surface area contributed by atoms with Gasteiger partial charge in [-0.05, 0) is 19.8 Å². The number of aryl methyl sites for hydroxylation is 1. The molecule has 1 aromatic rings. The van der Waals surface area contributed by atoms with Crippen molar-refractivity contribution in [1.29, 1.82) is 0 Å². The van der Waals surface area contributed by atoms with Gasteiger partial charge < -0.3 is 11.1 Å². The van der Waals surface area contributed by atoms with E-state index in [-0.39, 0.29) is 11.4 Å². The summed E-state index contributed by atoms with van der Waals surface area (Å²) in [5, 5.41) is 3.09. The van der Waals surface area contributed by atoms with Crippen LogP contribution in [0, 0.1) is 6.92 Å². The molecule has 1 fully saturated rings. The highest BCUT2D eigenvalue weighted by atomic mass is 32.1. The van der Waals surface area contributed by atoms with Crippen LogP contribution in [-0.2, 0) is 0 Å². The molecule has 1 heterocycles. The van der Waals surface area contributed by atoms with E-state index in [1.165, 1.54) is 11.3 Å². The molecule has 16 heavy (non-hydrogen) atoms. The first-order valence-corrected chi connectivity index (χ1v) is 6.47. The molecule has 0 radical (unpaired) electrons. The van der Waals surface area contributed by atoms with Gasteiger partial charge in [0.25, 0.3) is 5.91 Å². The van der Waals surface area contributed by atoms with Crippen molar-refractivity contribution in [3.63, 3.8) is 0 Å². The number of hydrogen-bond acceptors (Lipinski definition) is 4. The quantitative estimate of drug-likeness (QED) is 0.839. The van der Waals surface area contributed by atoms with Crippen LogP contribution < -0.4 is 11.1 Å². The van der Waals surface area contributed by atoms with Crippen LogP contribution in [0.25, 0.3) is 0 Å². The van der Waals surface area contributed by atoms with Crippen LogP contribution in [0.15, 0.2) is 5.51 Å². The summed E-state index contributed by atoms with van der Waals surface area (Å²) in [4.78, 5) is 16.8. The lowest BCUT2D eigenvalue weighted by Crippen LogP contribution is -2.51. The summed E-state index contributed by atoms with van der Waals surface area (Å²) in [6.45, 7) is 2.38. The smallest absolute Gasteiger partial charge is 0.263 e. The van der Waals surface area contributed by atoms with E-state index in [1.807, 2.05) is 6.92 Å². The molecule has 0 bridgehead atoms. The second-order valence-corrected chi connectivity index (χ2v) is 5.27. The van der Waals surface area contributed by atoms with Crippen LogP contribution >= 0.6 is 11.3 Å². The van der Waals surface area contributed by atoms with Crippen LogP contribution in [0.2, 0.25) is 0 Å². The molecule has 0 unspecified atom stereocenters. The summed E-state index contributed by atoms with van der Waals surface area (Å²) in [5.41, 5.74) is 8.11. The molecule has 1 aliphatic carbocycles. The van der Waals surface area contributed by atoms with Gasteiger partial charge in [-0.2, -0.15) is 0 Å². The molecule has 0 atom stereocenters. The normalized spacial score (nSPS) is 18.6. The zero-order chi connectivity index (χ0) is 11.6. The van der Waals surface area contributed by atoms with E-state index in [2.05, 4.69) is 10.3 Å². The summed E-state index contributed by atoms with van der Waals surface area (Å²) in [5.74, 6) is -0.0210. The van der Waals surface area contributed by atoms with E-state index < -0.39 is 0 Å². The Hall–Kier alpha value is -0.940. The van der Waals surface area contributed by atoms with Crippen molar-refractivity contribution in [2.24, 2.45) is 5.73 Å². The van der Waals surface area contributed by atoms with E-state index in [0.717, 1.165) is 31.4 Å². The summed E-state index contributed by atoms with van der Waals surface area (Å²) in [6.07, 6.45) is 4.29. The van der Waals surface area contributed by atoms with Crippen LogP contribution in [0.1, 0.15) is 41.0 Å². The maximum absolute atomic E-state index is 12.1. The summed E-state index contributed by atoms with van der Waals surface area (Å²) in [6, 6.07) is 0. The van der Waals surface area contributed by atoms with Crippen LogP contribution in [0.5, 0.6) is 0 Å². The maximum atomic E-state index is 12.1. The summed E-state index contributed by atoms with van der Waals surface area (Å²) in [7, 11) is 0. The Morgan fingerprint density at radius 1 is 1.62 bits per heavy atom. The molecule has 1 aliphatic rings. The monoisotopic (exact) mass is 239 g/mol. The minimum absolute atomic E-state index is 0.0210. The van der Waals surface area contributed by atoms with Crippen LogP contribution in [0.3, 0.4) is 0 Å². The number of thiazole rings is 1. The van der Waals surface area contributed by atoms with E-state index in [9.17, 15) is 4.79 Å². The largest absolute Gasteiger partial charge is 0.345 e. The zero-order valence-corrected chi connectivity index (χ0v) is 10.3. The predicted molar refractivity (Wildman–Crippen MR) is 64.6 cm³/mol. The first-order chi connectivity index (χ1) is 7.67. The number of aromatic nitrogens is 1. The number of nitrogens with one attached hydrogen (secondary N) is 1. The summed E-state index contributed by atoms with van der Waals surface area (Å²) >= 11 is 1.39. The van der Waals surface area contributed by atoms with Crippen molar-refractivity contribution >= 4 is 17.2 Å². The molecule has 0 aliphatic heterocycles. The van der Waals surface area contributed by atoms with E-state index in [4.69, 9.17) is 5.73 Å². The van der Waals surface area contributed by atoms with Gasteiger partial charge in [-0.15, -0.1) is 11.3 Å². The minimum atomic E-state index is -0.173. The fourth-order valence-electron chi connectivity index (χ4n) is 2.25. The SMILES string of the molecule is Cc1ncsc1C(=O)NC1(CN)CCCC1. The fraction of sp³-hybridized carbons (Fsp3) is 0.636.